The molecule has 0 rings (SSSR count). The second-order valence-corrected chi connectivity index (χ2v) is 17.9. The van der Waals surface area contributed by atoms with Gasteiger partial charge in [-0.25, -0.2) is 4.57 Å². The Morgan fingerprint density at radius 2 is 1.04 bits per heavy atom. The first-order valence-corrected chi connectivity index (χ1v) is 24.2. The number of amides is 1. The van der Waals surface area contributed by atoms with Crippen molar-refractivity contribution >= 4 is 13.7 Å². The number of hydrogen-bond acceptors (Lipinski definition) is 5. The average Bonchev–Trinajstić information content (AvgIpc) is 3.15. The van der Waals surface area contributed by atoms with Crippen LogP contribution in [0.3, 0.4) is 0 Å². The SMILES string of the molecule is CCCCC/C=C/CC/C=C/C(O)C(COP(=O)(O)OCC[N+](C)(C)C)NC(=O)CCCCCCCCCCCC/C=C\C/C=C\C/C=C\CCCCCCC. The van der Waals surface area contributed by atoms with Crippen LogP contribution in [0.25, 0.3) is 0 Å². The Hall–Kier alpha value is -1.80. The van der Waals surface area contributed by atoms with E-state index in [0.717, 1.165) is 51.4 Å². The lowest BCUT2D eigenvalue weighted by molar-refractivity contribution is -0.870. The van der Waals surface area contributed by atoms with E-state index in [1.165, 1.54) is 109 Å². The molecule has 56 heavy (non-hydrogen) atoms. The van der Waals surface area contributed by atoms with Gasteiger partial charge in [0, 0.05) is 6.42 Å². The minimum atomic E-state index is -4.34. The van der Waals surface area contributed by atoms with Crippen LogP contribution in [0.2, 0.25) is 0 Å². The Morgan fingerprint density at radius 3 is 1.59 bits per heavy atom. The number of likely N-dealkylation sites (N-methyl/N-ethyl adjacent to an activating group) is 1. The molecule has 3 atom stereocenters. The number of hydrogen-bond donors (Lipinski definition) is 3. The minimum Gasteiger partial charge on any atom is -0.387 e. The van der Waals surface area contributed by atoms with Crippen molar-refractivity contribution in [2.75, 3.05) is 40.9 Å². The van der Waals surface area contributed by atoms with Gasteiger partial charge in [0.15, 0.2) is 0 Å². The van der Waals surface area contributed by atoms with Crippen LogP contribution in [0.1, 0.15) is 181 Å². The summed E-state index contributed by atoms with van der Waals surface area (Å²) in [5.74, 6) is -0.197. The Labute approximate surface area is 345 Å². The van der Waals surface area contributed by atoms with Crippen LogP contribution < -0.4 is 5.32 Å². The number of unbranched alkanes of at least 4 members (excludes halogenated alkanes) is 19. The van der Waals surface area contributed by atoms with Crippen LogP contribution in [0.15, 0.2) is 60.8 Å². The second kappa shape index (κ2) is 38.7. The number of nitrogens with one attached hydrogen (secondary N) is 1. The summed E-state index contributed by atoms with van der Waals surface area (Å²) in [5.41, 5.74) is 0. The number of carbonyl (C=O) groups is 1. The number of phosphoric acid groups is 1. The van der Waals surface area contributed by atoms with E-state index in [9.17, 15) is 19.4 Å². The Kier molecular flexibility index (Phi) is 37.5. The zero-order chi connectivity index (χ0) is 41.4. The molecule has 0 saturated heterocycles. The number of nitrogens with zero attached hydrogens (tertiary/aromatic N) is 1. The summed E-state index contributed by atoms with van der Waals surface area (Å²) in [4.78, 5) is 23.0. The summed E-state index contributed by atoms with van der Waals surface area (Å²) in [6.45, 7) is 4.71. The van der Waals surface area contributed by atoms with Crippen molar-refractivity contribution in [3.8, 4) is 0 Å². The summed E-state index contributed by atoms with van der Waals surface area (Å²) < 4.78 is 23.5. The molecule has 0 aliphatic carbocycles. The van der Waals surface area contributed by atoms with Crippen molar-refractivity contribution in [3.05, 3.63) is 60.8 Å². The molecule has 9 heteroatoms. The fourth-order valence-corrected chi connectivity index (χ4v) is 6.80. The van der Waals surface area contributed by atoms with E-state index in [1.807, 2.05) is 27.2 Å². The molecule has 0 aromatic heterocycles. The molecule has 0 aromatic carbocycles. The van der Waals surface area contributed by atoms with Gasteiger partial charge < -0.3 is 19.8 Å². The largest absolute Gasteiger partial charge is 0.472 e. The maximum Gasteiger partial charge on any atom is 0.472 e. The summed E-state index contributed by atoms with van der Waals surface area (Å²) in [5, 5.41) is 13.7. The predicted octanol–water partition coefficient (Wildman–Crippen LogP) is 12.6. The smallest absolute Gasteiger partial charge is 0.387 e. The minimum absolute atomic E-state index is 0.0527. The molecule has 0 aliphatic rings. The van der Waals surface area contributed by atoms with Gasteiger partial charge in [0.25, 0.3) is 0 Å². The van der Waals surface area contributed by atoms with Gasteiger partial charge in [-0.1, -0.05) is 164 Å². The zero-order valence-electron chi connectivity index (χ0n) is 36.9. The van der Waals surface area contributed by atoms with Crippen LogP contribution in [0.5, 0.6) is 0 Å². The lowest BCUT2D eigenvalue weighted by Crippen LogP contribution is -2.45. The predicted molar refractivity (Wildman–Crippen MR) is 240 cm³/mol. The van der Waals surface area contributed by atoms with E-state index >= 15 is 0 Å². The molecule has 0 spiro atoms. The van der Waals surface area contributed by atoms with Crippen molar-refractivity contribution in [2.24, 2.45) is 0 Å². The fourth-order valence-electron chi connectivity index (χ4n) is 6.06. The van der Waals surface area contributed by atoms with Gasteiger partial charge in [-0.05, 0) is 70.6 Å². The average molecular weight is 808 g/mol. The van der Waals surface area contributed by atoms with Gasteiger partial charge in [-0.15, -0.1) is 0 Å². The molecule has 0 bridgehead atoms. The number of aliphatic hydroxyl groups is 1. The molecule has 3 unspecified atom stereocenters. The number of aliphatic hydroxyl groups excluding tert-OH is 1. The van der Waals surface area contributed by atoms with Gasteiger partial charge in [0.05, 0.1) is 39.9 Å². The van der Waals surface area contributed by atoms with E-state index in [1.54, 1.807) is 6.08 Å². The van der Waals surface area contributed by atoms with Gasteiger partial charge in [0.2, 0.25) is 5.91 Å². The van der Waals surface area contributed by atoms with E-state index in [-0.39, 0.29) is 19.1 Å². The first kappa shape index (κ1) is 54.2. The Morgan fingerprint density at radius 1 is 0.607 bits per heavy atom. The van der Waals surface area contributed by atoms with Gasteiger partial charge in [-0.3, -0.25) is 13.8 Å². The third-order valence-corrected chi connectivity index (χ3v) is 10.7. The summed E-state index contributed by atoms with van der Waals surface area (Å²) in [7, 11) is 1.54. The molecule has 1 amide bonds. The molecule has 326 valence electrons. The standard InChI is InChI=1S/C47H87N2O6P/c1-6-8-10-12-14-16-17-18-19-20-21-22-23-24-25-26-27-28-29-30-31-33-35-37-39-41-47(51)48-45(44-55-56(52,53)54-43-42-49(3,4)5)46(50)40-38-36-34-32-15-13-11-9-7-2/h15,17-18,20-21,23-24,32,38,40,45-46,50H,6-14,16,19,22,25-31,33-37,39,41-44H2,1-5H3,(H-,48,51,52,53)/p+1/b18-17-,21-20-,24-23-,32-15+,40-38+. The van der Waals surface area contributed by atoms with Crippen molar-refractivity contribution in [1.29, 1.82) is 0 Å². The second-order valence-electron chi connectivity index (χ2n) is 16.4. The molecule has 3 N–H and O–H groups in total. The first-order valence-electron chi connectivity index (χ1n) is 22.7. The van der Waals surface area contributed by atoms with Crippen molar-refractivity contribution in [1.82, 2.24) is 5.32 Å². The van der Waals surface area contributed by atoms with Crippen molar-refractivity contribution in [2.45, 2.75) is 193 Å². The molecule has 0 fully saturated rings. The lowest BCUT2D eigenvalue weighted by Gasteiger charge is -2.25. The fraction of sp³-hybridized carbons (Fsp3) is 0.766. The van der Waals surface area contributed by atoms with Crippen LogP contribution in [-0.2, 0) is 18.4 Å². The Bertz CT molecular complexity index is 1100. The normalized spacial score (nSPS) is 14.9. The maximum atomic E-state index is 12.8. The number of allylic oxidation sites excluding steroid dienone is 9. The third-order valence-electron chi connectivity index (χ3n) is 9.71. The molecule has 0 saturated carbocycles. The van der Waals surface area contributed by atoms with E-state index in [4.69, 9.17) is 9.05 Å². The van der Waals surface area contributed by atoms with Crippen LogP contribution in [0, 0.1) is 0 Å². The Balaban J connectivity index is 4.23. The quantitative estimate of drug-likeness (QED) is 0.0246. The summed E-state index contributed by atoms with van der Waals surface area (Å²) in [6, 6.07) is -0.865. The molecule has 0 radical (unpaired) electrons. The van der Waals surface area contributed by atoms with E-state index in [0.29, 0.717) is 17.4 Å². The number of carbonyl (C=O) groups excluding carboxylic acids is 1. The number of rotatable bonds is 40. The van der Waals surface area contributed by atoms with Crippen LogP contribution >= 0.6 is 7.82 Å². The lowest BCUT2D eigenvalue weighted by atomic mass is 10.0. The molecule has 8 nitrogen and oxygen atoms in total. The summed E-state index contributed by atoms with van der Waals surface area (Å²) >= 11 is 0. The van der Waals surface area contributed by atoms with Crippen molar-refractivity contribution < 1.29 is 32.9 Å². The van der Waals surface area contributed by atoms with Gasteiger partial charge >= 0.3 is 7.82 Å². The van der Waals surface area contributed by atoms with Crippen LogP contribution in [0.4, 0.5) is 0 Å². The highest BCUT2D eigenvalue weighted by Gasteiger charge is 2.27. The first-order chi connectivity index (χ1) is 27.0. The molecule has 0 aliphatic heterocycles. The highest BCUT2D eigenvalue weighted by Crippen LogP contribution is 2.43. The highest BCUT2D eigenvalue weighted by molar-refractivity contribution is 7.47. The number of phosphoric ester groups is 1. The topological polar surface area (TPSA) is 105 Å². The summed E-state index contributed by atoms with van der Waals surface area (Å²) in [6.07, 6.45) is 50.2. The van der Waals surface area contributed by atoms with Gasteiger partial charge in [-0.2, -0.15) is 0 Å². The molecule has 0 aromatic rings. The van der Waals surface area contributed by atoms with Crippen LogP contribution in [-0.4, -0.2) is 73.4 Å². The number of quaternary nitrogens is 1. The van der Waals surface area contributed by atoms with E-state index < -0.39 is 20.0 Å². The maximum absolute atomic E-state index is 12.8. The zero-order valence-corrected chi connectivity index (χ0v) is 37.8. The molecular weight excluding hydrogens is 719 g/mol. The highest BCUT2D eigenvalue weighted by atomic mass is 31.2. The third kappa shape index (κ3) is 40.4. The monoisotopic (exact) mass is 808 g/mol. The van der Waals surface area contributed by atoms with Crippen molar-refractivity contribution in [3.63, 3.8) is 0 Å². The van der Waals surface area contributed by atoms with Gasteiger partial charge in [0.1, 0.15) is 13.2 Å². The molecular formula is C47H88N2O6P+. The van der Waals surface area contributed by atoms with E-state index in [2.05, 4.69) is 67.8 Å². The molecule has 0 heterocycles.